The lowest BCUT2D eigenvalue weighted by atomic mass is 9.90. The van der Waals surface area contributed by atoms with Gasteiger partial charge in [0.25, 0.3) is 0 Å². The molecule has 2 N–H and O–H groups in total. The van der Waals surface area contributed by atoms with Crippen LogP contribution in [0.25, 0.3) is 0 Å². The number of fused-ring (bicyclic) bond motifs is 1. The molecule has 5 nitrogen and oxygen atoms in total. The molecule has 1 aliphatic heterocycles. The Morgan fingerprint density at radius 1 is 1.43 bits per heavy atom. The van der Waals surface area contributed by atoms with Gasteiger partial charge in [-0.05, 0) is 24.6 Å². The summed E-state index contributed by atoms with van der Waals surface area (Å²) in [6.45, 7) is 3.76. The monoisotopic (exact) mass is 284 g/mol. The van der Waals surface area contributed by atoms with E-state index in [1.807, 2.05) is 35.1 Å². The molecule has 110 valence electrons. The van der Waals surface area contributed by atoms with E-state index in [9.17, 15) is 4.79 Å². The molecule has 2 atom stereocenters. The Morgan fingerprint density at radius 3 is 3.10 bits per heavy atom. The van der Waals surface area contributed by atoms with E-state index < -0.39 is 0 Å². The molecule has 1 aliphatic rings. The summed E-state index contributed by atoms with van der Waals surface area (Å²) in [4.78, 5) is 11.8. The standard InChI is InChI=1S/C16H20N4O/c1-12(11-20-8-4-7-18-20)17-10-13-9-16(21)19-15-6-3-2-5-14(13)15/h2-8,12-13,17H,9-11H2,1H3,(H,19,21). The number of carbonyl (C=O) groups is 1. The van der Waals surface area contributed by atoms with Gasteiger partial charge in [0.15, 0.2) is 0 Å². The molecule has 0 saturated heterocycles. The molecule has 21 heavy (non-hydrogen) atoms. The van der Waals surface area contributed by atoms with Crippen molar-refractivity contribution in [2.75, 3.05) is 11.9 Å². The van der Waals surface area contributed by atoms with Crippen LogP contribution in [0.5, 0.6) is 0 Å². The second-order valence-electron chi connectivity index (χ2n) is 5.57. The van der Waals surface area contributed by atoms with Gasteiger partial charge >= 0.3 is 0 Å². The van der Waals surface area contributed by atoms with Crippen LogP contribution in [0.4, 0.5) is 5.69 Å². The Morgan fingerprint density at radius 2 is 2.29 bits per heavy atom. The first-order valence-electron chi connectivity index (χ1n) is 7.32. The van der Waals surface area contributed by atoms with Crippen molar-refractivity contribution < 1.29 is 4.79 Å². The Bertz CT molecular complexity index is 608. The lowest BCUT2D eigenvalue weighted by molar-refractivity contribution is -0.116. The maximum atomic E-state index is 11.8. The van der Waals surface area contributed by atoms with Crippen LogP contribution < -0.4 is 10.6 Å². The SMILES string of the molecule is CC(Cn1cccn1)NCC1CC(=O)Nc2ccccc21. The maximum Gasteiger partial charge on any atom is 0.225 e. The fourth-order valence-electron chi connectivity index (χ4n) is 2.78. The fraction of sp³-hybridized carbons (Fsp3) is 0.375. The van der Waals surface area contributed by atoms with Crippen molar-refractivity contribution in [3.63, 3.8) is 0 Å². The average molecular weight is 284 g/mol. The zero-order valence-electron chi connectivity index (χ0n) is 12.1. The first-order valence-corrected chi connectivity index (χ1v) is 7.32. The fourth-order valence-corrected chi connectivity index (χ4v) is 2.78. The Labute approximate surface area is 124 Å². The van der Waals surface area contributed by atoms with Crippen LogP contribution in [0.3, 0.4) is 0 Å². The number of rotatable bonds is 5. The summed E-state index contributed by atoms with van der Waals surface area (Å²) in [5.41, 5.74) is 2.16. The minimum Gasteiger partial charge on any atom is -0.326 e. The Hall–Kier alpha value is -2.14. The van der Waals surface area contributed by atoms with Crippen LogP contribution in [-0.2, 0) is 11.3 Å². The molecule has 1 amide bonds. The van der Waals surface area contributed by atoms with Gasteiger partial charge in [-0.15, -0.1) is 0 Å². The summed E-state index contributed by atoms with van der Waals surface area (Å²) in [5, 5.41) is 10.7. The van der Waals surface area contributed by atoms with E-state index in [2.05, 4.69) is 28.7 Å². The second-order valence-corrected chi connectivity index (χ2v) is 5.57. The molecule has 1 aromatic carbocycles. The van der Waals surface area contributed by atoms with Crippen molar-refractivity contribution in [3.05, 3.63) is 48.3 Å². The predicted octanol–water partition coefficient (Wildman–Crippen LogP) is 1.99. The van der Waals surface area contributed by atoms with Crippen molar-refractivity contribution in [2.24, 2.45) is 0 Å². The van der Waals surface area contributed by atoms with Crippen LogP contribution in [0, 0.1) is 0 Å². The molecular weight excluding hydrogens is 264 g/mol. The number of amides is 1. The third-order valence-electron chi connectivity index (χ3n) is 3.84. The third-order valence-corrected chi connectivity index (χ3v) is 3.84. The van der Waals surface area contributed by atoms with Crippen LogP contribution in [0.2, 0.25) is 0 Å². The molecule has 2 unspecified atom stereocenters. The van der Waals surface area contributed by atoms with Gasteiger partial charge in [-0.2, -0.15) is 5.10 Å². The first-order chi connectivity index (χ1) is 10.2. The molecule has 0 radical (unpaired) electrons. The topological polar surface area (TPSA) is 59.0 Å². The zero-order chi connectivity index (χ0) is 14.7. The van der Waals surface area contributed by atoms with Gasteiger partial charge in [-0.1, -0.05) is 18.2 Å². The van der Waals surface area contributed by atoms with Crippen LogP contribution in [0.15, 0.2) is 42.7 Å². The summed E-state index contributed by atoms with van der Waals surface area (Å²) >= 11 is 0. The molecule has 5 heteroatoms. The maximum absolute atomic E-state index is 11.8. The number of para-hydroxylation sites is 1. The Kier molecular flexibility index (Phi) is 4.01. The van der Waals surface area contributed by atoms with Gasteiger partial charge in [-0.25, -0.2) is 0 Å². The van der Waals surface area contributed by atoms with Crippen LogP contribution in [0.1, 0.15) is 24.8 Å². The normalized spacial score (nSPS) is 18.9. The van der Waals surface area contributed by atoms with Crippen molar-refractivity contribution in [2.45, 2.75) is 31.8 Å². The van der Waals surface area contributed by atoms with Crippen molar-refractivity contribution in [1.29, 1.82) is 0 Å². The van der Waals surface area contributed by atoms with E-state index in [1.165, 1.54) is 5.56 Å². The number of carbonyl (C=O) groups excluding carboxylic acids is 1. The van der Waals surface area contributed by atoms with Crippen molar-refractivity contribution >= 4 is 11.6 Å². The van der Waals surface area contributed by atoms with Crippen LogP contribution >= 0.6 is 0 Å². The average Bonchev–Trinajstić information content (AvgIpc) is 2.97. The third kappa shape index (κ3) is 3.31. The highest BCUT2D eigenvalue weighted by molar-refractivity contribution is 5.94. The number of hydrogen-bond acceptors (Lipinski definition) is 3. The number of anilines is 1. The largest absolute Gasteiger partial charge is 0.326 e. The number of hydrogen-bond donors (Lipinski definition) is 2. The molecule has 1 aromatic heterocycles. The van der Waals surface area contributed by atoms with E-state index in [4.69, 9.17) is 0 Å². The van der Waals surface area contributed by atoms with Gasteiger partial charge in [0.2, 0.25) is 5.91 Å². The first kappa shape index (κ1) is 13.8. The molecule has 2 heterocycles. The van der Waals surface area contributed by atoms with E-state index in [1.54, 1.807) is 6.20 Å². The summed E-state index contributed by atoms with van der Waals surface area (Å²) in [6, 6.07) is 10.3. The van der Waals surface area contributed by atoms with Crippen molar-refractivity contribution in [1.82, 2.24) is 15.1 Å². The highest BCUT2D eigenvalue weighted by Gasteiger charge is 2.24. The lowest BCUT2D eigenvalue weighted by Crippen LogP contribution is -2.36. The molecule has 0 aliphatic carbocycles. The summed E-state index contributed by atoms with van der Waals surface area (Å²) in [5.74, 6) is 0.329. The molecular formula is C16H20N4O. The van der Waals surface area contributed by atoms with E-state index >= 15 is 0 Å². The minimum absolute atomic E-state index is 0.0974. The number of benzene rings is 1. The lowest BCUT2D eigenvalue weighted by Gasteiger charge is -2.27. The highest BCUT2D eigenvalue weighted by atomic mass is 16.1. The smallest absolute Gasteiger partial charge is 0.225 e. The van der Waals surface area contributed by atoms with Gasteiger partial charge in [0.05, 0.1) is 6.54 Å². The molecule has 0 spiro atoms. The quantitative estimate of drug-likeness (QED) is 0.882. The van der Waals surface area contributed by atoms with Gasteiger partial charge in [0, 0.05) is 43.0 Å². The number of nitrogens with one attached hydrogen (secondary N) is 2. The summed E-state index contributed by atoms with van der Waals surface area (Å²) in [7, 11) is 0. The van der Waals surface area contributed by atoms with Crippen LogP contribution in [-0.4, -0.2) is 28.3 Å². The Balaban J connectivity index is 1.61. The number of aromatic nitrogens is 2. The summed E-state index contributed by atoms with van der Waals surface area (Å²) < 4.78 is 1.92. The van der Waals surface area contributed by atoms with E-state index in [0.29, 0.717) is 12.5 Å². The van der Waals surface area contributed by atoms with E-state index in [0.717, 1.165) is 18.8 Å². The second kappa shape index (κ2) is 6.10. The van der Waals surface area contributed by atoms with Crippen molar-refractivity contribution in [3.8, 4) is 0 Å². The highest BCUT2D eigenvalue weighted by Crippen LogP contribution is 2.31. The minimum atomic E-state index is 0.0974. The van der Waals surface area contributed by atoms with Gasteiger partial charge < -0.3 is 10.6 Å². The molecule has 0 bridgehead atoms. The van der Waals surface area contributed by atoms with E-state index in [-0.39, 0.29) is 11.8 Å². The van der Waals surface area contributed by atoms with Gasteiger partial charge in [0.1, 0.15) is 0 Å². The zero-order valence-corrected chi connectivity index (χ0v) is 12.1. The molecule has 3 rings (SSSR count). The molecule has 0 fully saturated rings. The molecule has 0 saturated carbocycles. The molecule has 2 aromatic rings. The predicted molar refractivity (Wildman–Crippen MR) is 82.1 cm³/mol. The van der Waals surface area contributed by atoms with Gasteiger partial charge in [-0.3, -0.25) is 9.48 Å². The number of nitrogens with zero attached hydrogens (tertiary/aromatic N) is 2. The summed E-state index contributed by atoms with van der Waals surface area (Å²) in [6.07, 6.45) is 4.29.